The number of nitrogens with zero attached hydrogens (tertiary/aromatic N) is 2. The Hall–Kier alpha value is -3.73. The summed E-state index contributed by atoms with van der Waals surface area (Å²) in [6.45, 7) is 3.09. The van der Waals surface area contributed by atoms with Crippen molar-refractivity contribution in [2.45, 2.75) is 57.1 Å². The minimum atomic E-state index is -0.521. The monoisotopic (exact) mass is 579 g/mol. The highest BCUT2D eigenvalue weighted by atomic mass is 35.5. The molecular formula is C30H35ClFN7O2. The summed E-state index contributed by atoms with van der Waals surface area (Å²) in [5.74, 6) is -0.286. The second-order valence-corrected chi connectivity index (χ2v) is 11.2. The third-order valence-corrected chi connectivity index (χ3v) is 7.82. The molecule has 1 aliphatic heterocycles. The molecule has 7 N–H and O–H groups in total. The number of aromatic nitrogens is 3. The Kier molecular flexibility index (Phi) is 8.72. The van der Waals surface area contributed by atoms with Gasteiger partial charge < -0.3 is 26.5 Å². The molecule has 216 valence electrons. The molecule has 0 aliphatic carbocycles. The maximum atomic E-state index is 15.1. The fourth-order valence-electron chi connectivity index (χ4n) is 5.39. The molecule has 5 rings (SSSR count). The summed E-state index contributed by atoms with van der Waals surface area (Å²) in [5.41, 5.74) is 14.8. The normalized spacial score (nSPS) is 18.0. The van der Waals surface area contributed by atoms with Crippen molar-refractivity contribution in [3.05, 3.63) is 81.1 Å². The van der Waals surface area contributed by atoms with Gasteiger partial charge in [-0.05, 0) is 86.4 Å². The number of H-pyrrole nitrogens is 1. The van der Waals surface area contributed by atoms with E-state index >= 15 is 4.39 Å². The Morgan fingerprint density at radius 2 is 2.10 bits per heavy atom. The molecule has 1 fully saturated rings. The number of ether oxygens (including phenoxy) is 1. The number of aromatic amines is 1. The minimum Gasteiger partial charge on any atom is -0.376 e. The first-order chi connectivity index (χ1) is 19.7. The van der Waals surface area contributed by atoms with Gasteiger partial charge in [0.2, 0.25) is 0 Å². The fraction of sp³-hybridized carbons (Fsp3) is 0.367. The molecular weight excluding hydrogens is 545 g/mol. The zero-order valence-corrected chi connectivity index (χ0v) is 23.7. The predicted octanol–water partition coefficient (Wildman–Crippen LogP) is 4.59. The van der Waals surface area contributed by atoms with Gasteiger partial charge in [0.15, 0.2) is 11.8 Å². The molecule has 0 radical (unpaired) electrons. The van der Waals surface area contributed by atoms with Gasteiger partial charge in [-0.1, -0.05) is 23.7 Å². The molecule has 3 heterocycles. The Bertz CT molecular complexity index is 1600. The smallest absolute Gasteiger partial charge is 0.354 e. The maximum absolute atomic E-state index is 15.1. The molecule has 1 aliphatic rings. The number of hydrogen-bond donors (Lipinski definition) is 5. The van der Waals surface area contributed by atoms with Crippen LogP contribution in [0.4, 0.5) is 4.39 Å². The number of nitrogens with two attached hydrogens (primary N) is 2. The van der Waals surface area contributed by atoms with Gasteiger partial charge in [0.25, 0.3) is 0 Å². The predicted molar refractivity (Wildman–Crippen MR) is 160 cm³/mol. The molecule has 0 spiro atoms. The first-order valence-corrected chi connectivity index (χ1v) is 14.2. The van der Waals surface area contributed by atoms with E-state index < -0.39 is 11.5 Å². The number of guanidine groups is 1. The highest BCUT2D eigenvalue weighted by molar-refractivity contribution is 6.31. The zero-order valence-electron chi connectivity index (χ0n) is 22.9. The van der Waals surface area contributed by atoms with Crippen LogP contribution in [0.3, 0.4) is 0 Å². The topological polar surface area (TPSA) is 148 Å². The Morgan fingerprint density at radius 1 is 1.32 bits per heavy atom. The SMILES string of the molecule is C[C@H](N)CCCc1cc(Cl)c(F)c(-c2cc3cn(-c4ccc([C@H]5CCO[C@H](CNC(=N)N)C5)cc4)c(=O)nc3[nH]2)c1. The van der Waals surface area contributed by atoms with Crippen LogP contribution in [-0.2, 0) is 11.2 Å². The highest BCUT2D eigenvalue weighted by Crippen LogP contribution is 2.32. The molecule has 2 aromatic carbocycles. The zero-order chi connectivity index (χ0) is 29.1. The van der Waals surface area contributed by atoms with Gasteiger partial charge in [-0.2, -0.15) is 4.98 Å². The molecule has 0 bridgehead atoms. The lowest BCUT2D eigenvalue weighted by atomic mass is 9.88. The van der Waals surface area contributed by atoms with Crippen LogP contribution in [0.25, 0.3) is 28.0 Å². The van der Waals surface area contributed by atoms with E-state index in [9.17, 15) is 4.79 Å². The molecule has 11 heteroatoms. The van der Waals surface area contributed by atoms with Crippen LogP contribution in [0.5, 0.6) is 0 Å². The third kappa shape index (κ3) is 6.78. The van der Waals surface area contributed by atoms with Gasteiger partial charge in [-0.25, -0.2) is 9.18 Å². The molecule has 4 aromatic rings. The van der Waals surface area contributed by atoms with E-state index in [1.165, 1.54) is 4.57 Å². The van der Waals surface area contributed by atoms with Crippen LogP contribution < -0.4 is 22.5 Å². The summed E-state index contributed by atoms with van der Waals surface area (Å²) in [7, 11) is 0. The average Bonchev–Trinajstić information content (AvgIpc) is 3.36. The summed E-state index contributed by atoms with van der Waals surface area (Å²) < 4.78 is 22.4. The summed E-state index contributed by atoms with van der Waals surface area (Å²) in [5, 5.41) is 10.9. The quantitative estimate of drug-likeness (QED) is 0.145. The van der Waals surface area contributed by atoms with Gasteiger partial charge in [0.1, 0.15) is 5.65 Å². The van der Waals surface area contributed by atoms with Gasteiger partial charge in [0.05, 0.1) is 22.5 Å². The van der Waals surface area contributed by atoms with Gasteiger partial charge in [-0.3, -0.25) is 9.98 Å². The lowest BCUT2D eigenvalue weighted by molar-refractivity contribution is 0.00996. The van der Waals surface area contributed by atoms with Crippen molar-refractivity contribution in [3.63, 3.8) is 0 Å². The van der Waals surface area contributed by atoms with Crippen molar-refractivity contribution in [3.8, 4) is 16.9 Å². The molecule has 0 amide bonds. The van der Waals surface area contributed by atoms with E-state index in [1.54, 1.807) is 24.4 Å². The number of rotatable bonds is 9. The van der Waals surface area contributed by atoms with E-state index in [0.29, 0.717) is 47.0 Å². The van der Waals surface area contributed by atoms with Crippen molar-refractivity contribution in [1.29, 1.82) is 5.41 Å². The Morgan fingerprint density at radius 3 is 2.83 bits per heavy atom. The summed E-state index contributed by atoms with van der Waals surface area (Å²) in [6.07, 6.45) is 5.86. The minimum absolute atomic E-state index is 0.0237. The first-order valence-electron chi connectivity index (χ1n) is 13.8. The molecule has 1 saturated heterocycles. The second-order valence-electron chi connectivity index (χ2n) is 10.8. The number of halogens is 2. The average molecular weight is 580 g/mol. The van der Waals surface area contributed by atoms with E-state index in [0.717, 1.165) is 43.2 Å². The number of nitrogens with one attached hydrogen (secondary N) is 3. The summed E-state index contributed by atoms with van der Waals surface area (Å²) >= 11 is 6.24. The number of hydrogen-bond acceptors (Lipinski definition) is 5. The lowest BCUT2D eigenvalue weighted by Gasteiger charge is -2.30. The van der Waals surface area contributed by atoms with E-state index in [4.69, 9.17) is 33.2 Å². The molecule has 2 aromatic heterocycles. The number of fused-ring (bicyclic) bond motifs is 1. The van der Waals surface area contributed by atoms with E-state index in [2.05, 4.69) is 15.3 Å². The van der Waals surface area contributed by atoms with Crippen molar-refractivity contribution < 1.29 is 9.13 Å². The molecule has 0 unspecified atom stereocenters. The highest BCUT2D eigenvalue weighted by Gasteiger charge is 2.24. The molecule has 0 saturated carbocycles. The fourth-order valence-corrected chi connectivity index (χ4v) is 5.64. The lowest BCUT2D eigenvalue weighted by Crippen LogP contribution is -2.40. The van der Waals surface area contributed by atoms with Gasteiger partial charge in [-0.15, -0.1) is 0 Å². The second kappa shape index (κ2) is 12.4. The Balaban J connectivity index is 1.37. The summed E-state index contributed by atoms with van der Waals surface area (Å²) in [4.78, 5) is 20.3. The molecule has 9 nitrogen and oxygen atoms in total. The molecule has 41 heavy (non-hydrogen) atoms. The van der Waals surface area contributed by atoms with Crippen LogP contribution in [-0.4, -0.2) is 45.8 Å². The molecule has 3 atom stereocenters. The first kappa shape index (κ1) is 28.8. The van der Waals surface area contributed by atoms with Crippen LogP contribution >= 0.6 is 11.6 Å². The van der Waals surface area contributed by atoms with Gasteiger partial charge >= 0.3 is 5.69 Å². The van der Waals surface area contributed by atoms with Crippen LogP contribution in [0.1, 0.15) is 49.7 Å². The van der Waals surface area contributed by atoms with E-state index in [1.807, 2.05) is 31.2 Å². The van der Waals surface area contributed by atoms with Crippen molar-refractivity contribution >= 4 is 28.6 Å². The van der Waals surface area contributed by atoms with Gasteiger partial charge in [0, 0.05) is 36.3 Å². The third-order valence-electron chi connectivity index (χ3n) is 7.54. The van der Waals surface area contributed by atoms with E-state index in [-0.39, 0.29) is 23.1 Å². The van der Waals surface area contributed by atoms with Crippen molar-refractivity contribution in [1.82, 2.24) is 19.9 Å². The Labute approximate surface area is 242 Å². The standard InChI is InChI=1S/C30H35ClFN7O2/c1-17(33)3-2-4-18-11-24(27(32)25(31)12-18)26-14-21-16-39(30(40)38-28(21)37-26)22-7-5-19(6-8-22)20-9-10-41-23(13-20)15-36-29(34)35/h5-8,11-12,14,16-17,20,23H,2-4,9-10,13,15,33H2,1H3,(H4,34,35,36)(H,37,38,40)/t17-,20-,23-/m0/s1. The number of aryl methyl sites for hydroxylation is 1. The van der Waals surface area contributed by atoms with Crippen LogP contribution in [0.2, 0.25) is 5.02 Å². The maximum Gasteiger partial charge on any atom is 0.354 e. The van der Waals surface area contributed by atoms with Crippen LogP contribution in [0.15, 0.2) is 53.5 Å². The van der Waals surface area contributed by atoms with Crippen molar-refractivity contribution in [2.75, 3.05) is 13.2 Å². The number of benzene rings is 2. The summed E-state index contributed by atoms with van der Waals surface area (Å²) in [6, 6.07) is 13.2. The van der Waals surface area contributed by atoms with Crippen molar-refractivity contribution in [2.24, 2.45) is 11.5 Å². The largest absolute Gasteiger partial charge is 0.376 e. The van der Waals surface area contributed by atoms with Crippen LogP contribution in [0, 0.1) is 11.2 Å².